The number of hydrogen-bond donors (Lipinski definition) is 1. The van der Waals surface area contributed by atoms with Gasteiger partial charge in [0.25, 0.3) is 0 Å². The van der Waals surface area contributed by atoms with E-state index in [1.165, 1.54) is 22.5 Å². The number of nitrogens with one attached hydrogen (secondary N) is 1. The van der Waals surface area contributed by atoms with Crippen LogP contribution in [0, 0.1) is 17.2 Å². The summed E-state index contributed by atoms with van der Waals surface area (Å²) in [5.41, 5.74) is -0.307. The van der Waals surface area contributed by atoms with Crippen molar-refractivity contribution in [1.82, 2.24) is 9.62 Å². The topological polar surface area (TPSA) is 66.5 Å². The van der Waals surface area contributed by atoms with Gasteiger partial charge in [-0.15, -0.1) is 0 Å². The van der Waals surface area contributed by atoms with E-state index < -0.39 is 15.8 Å². The molecule has 1 saturated heterocycles. The Morgan fingerprint density at radius 2 is 1.96 bits per heavy atom. The van der Waals surface area contributed by atoms with Gasteiger partial charge in [-0.3, -0.25) is 4.79 Å². The third-order valence-electron chi connectivity index (χ3n) is 5.23. The SMILES string of the molecule is CNC(=O)[C@H]1CN(S(=O)(=O)c2ccccc2F)CC12CCCC2. The fraction of sp³-hybridized carbons (Fsp3) is 0.562. The molecule has 1 atom stereocenters. The number of amides is 1. The normalized spacial score (nSPS) is 24.2. The Labute approximate surface area is 135 Å². The van der Waals surface area contributed by atoms with Gasteiger partial charge in [0.1, 0.15) is 10.7 Å². The molecule has 0 radical (unpaired) electrons. The molecule has 1 aliphatic carbocycles. The lowest BCUT2D eigenvalue weighted by Crippen LogP contribution is -2.38. The van der Waals surface area contributed by atoms with E-state index in [1.54, 1.807) is 7.05 Å². The number of sulfonamides is 1. The van der Waals surface area contributed by atoms with Crippen molar-refractivity contribution in [1.29, 1.82) is 0 Å². The van der Waals surface area contributed by atoms with Gasteiger partial charge in [-0.1, -0.05) is 25.0 Å². The molecule has 1 aliphatic heterocycles. The van der Waals surface area contributed by atoms with Gasteiger partial charge in [0, 0.05) is 20.1 Å². The molecule has 3 rings (SSSR count). The lowest BCUT2D eigenvalue weighted by molar-refractivity contribution is -0.127. The van der Waals surface area contributed by atoms with Crippen LogP contribution in [0.25, 0.3) is 0 Å². The van der Waals surface area contributed by atoms with E-state index in [-0.39, 0.29) is 28.7 Å². The zero-order chi connectivity index (χ0) is 16.7. The fourth-order valence-electron chi connectivity index (χ4n) is 4.02. The minimum atomic E-state index is -3.93. The highest BCUT2D eigenvalue weighted by Crippen LogP contribution is 2.50. The summed E-state index contributed by atoms with van der Waals surface area (Å²) >= 11 is 0. The number of rotatable bonds is 3. The predicted molar refractivity (Wildman–Crippen MR) is 83.6 cm³/mol. The second-order valence-electron chi connectivity index (χ2n) is 6.46. The molecule has 126 valence electrons. The van der Waals surface area contributed by atoms with Crippen LogP contribution in [0.3, 0.4) is 0 Å². The number of hydrogen-bond acceptors (Lipinski definition) is 3. The highest BCUT2D eigenvalue weighted by Gasteiger charge is 2.54. The van der Waals surface area contributed by atoms with Crippen LogP contribution in [0.1, 0.15) is 25.7 Å². The van der Waals surface area contributed by atoms with Crippen molar-refractivity contribution in [3.8, 4) is 0 Å². The van der Waals surface area contributed by atoms with Gasteiger partial charge in [0.05, 0.1) is 5.92 Å². The van der Waals surface area contributed by atoms with Gasteiger partial charge < -0.3 is 5.32 Å². The molecule has 0 bridgehead atoms. The minimum Gasteiger partial charge on any atom is -0.359 e. The van der Waals surface area contributed by atoms with Crippen LogP contribution in [0.15, 0.2) is 29.2 Å². The fourth-order valence-corrected chi connectivity index (χ4v) is 5.64. The molecule has 1 spiro atoms. The molecule has 2 fully saturated rings. The first kappa shape index (κ1) is 16.4. The highest BCUT2D eigenvalue weighted by atomic mass is 32.2. The van der Waals surface area contributed by atoms with Crippen molar-refractivity contribution in [2.75, 3.05) is 20.1 Å². The first-order chi connectivity index (χ1) is 10.9. The number of nitrogens with zero attached hydrogens (tertiary/aromatic N) is 1. The Balaban J connectivity index is 1.96. The smallest absolute Gasteiger partial charge is 0.246 e. The maximum atomic E-state index is 13.9. The van der Waals surface area contributed by atoms with E-state index in [9.17, 15) is 17.6 Å². The van der Waals surface area contributed by atoms with E-state index in [4.69, 9.17) is 0 Å². The van der Waals surface area contributed by atoms with Crippen LogP contribution < -0.4 is 5.32 Å². The number of carbonyl (C=O) groups excluding carboxylic acids is 1. The van der Waals surface area contributed by atoms with Gasteiger partial charge in [-0.2, -0.15) is 4.31 Å². The Kier molecular flexibility index (Phi) is 4.18. The predicted octanol–water partition coefficient (Wildman–Crippen LogP) is 1.75. The molecule has 0 aromatic heterocycles. The van der Waals surface area contributed by atoms with Crippen LogP contribution in [0.2, 0.25) is 0 Å². The third-order valence-corrected chi connectivity index (χ3v) is 7.08. The van der Waals surface area contributed by atoms with Gasteiger partial charge >= 0.3 is 0 Å². The monoisotopic (exact) mass is 340 g/mol. The molecule has 5 nitrogen and oxygen atoms in total. The first-order valence-electron chi connectivity index (χ1n) is 7.87. The summed E-state index contributed by atoms with van der Waals surface area (Å²) in [5.74, 6) is -1.24. The van der Waals surface area contributed by atoms with Crippen LogP contribution in [0.4, 0.5) is 4.39 Å². The standard InChI is InChI=1S/C16H21FN2O3S/c1-18-15(20)12-10-19(11-16(12)8-4-5-9-16)23(21,22)14-7-3-2-6-13(14)17/h2-3,6-7,12H,4-5,8-11H2,1H3,(H,18,20)/t12-/m1/s1. The van der Waals surface area contributed by atoms with Crippen LogP contribution >= 0.6 is 0 Å². The molecular formula is C16H21FN2O3S. The average molecular weight is 340 g/mol. The van der Waals surface area contributed by atoms with Gasteiger partial charge in [0.2, 0.25) is 15.9 Å². The van der Waals surface area contributed by atoms with Crippen molar-refractivity contribution < 1.29 is 17.6 Å². The summed E-state index contributed by atoms with van der Waals surface area (Å²) in [6.07, 6.45) is 3.69. The second-order valence-corrected chi connectivity index (χ2v) is 8.37. The van der Waals surface area contributed by atoms with Crippen molar-refractivity contribution in [2.24, 2.45) is 11.3 Å². The van der Waals surface area contributed by atoms with E-state index in [0.717, 1.165) is 31.7 Å². The second kappa shape index (κ2) is 5.87. The molecule has 1 heterocycles. The molecule has 1 N–H and O–H groups in total. The lowest BCUT2D eigenvalue weighted by atomic mass is 9.76. The number of carbonyl (C=O) groups is 1. The van der Waals surface area contributed by atoms with E-state index >= 15 is 0 Å². The molecule has 1 aromatic carbocycles. The van der Waals surface area contributed by atoms with Gasteiger partial charge in [-0.05, 0) is 30.4 Å². The van der Waals surface area contributed by atoms with Crippen molar-refractivity contribution in [3.63, 3.8) is 0 Å². The molecule has 0 unspecified atom stereocenters. The van der Waals surface area contributed by atoms with Crippen molar-refractivity contribution in [2.45, 2.75) is 30.6 Å². The van der Waals surface area contributed by atoms with E-state index in [2.05, 4.69) is 5.32 Å². The average Bonchev–Trinajstić information content (AvgIpc) is 3.15. The molecule has 23 heavy (non-hydrogen) atoms. The van der Waals surface area contributed by atoms with Gasteiger partial charge in [-0.25, -0.2) is 12.8 Å². The van der Waals surface area contributed by atoms with Crippen molar-refractivity contribution in [3.05, 3.63) is 30.1 Å². The largest absolute Gasteiger partial charge is 0.359 e. The summed E-state index contributed by atoms with van der Waals surface area (Å²) < 4.78 is 40.8. The Morgan fingerprint density at radius 3 is 2.57 bits per heavy atom. The highest BCUT2D eigenvalue weighted by molar-refractivity contribution is 7.89. The summed E-state index contributed by atoms with van der Waals surface area (Å²) in [6, 6.07) is 5.39. The van der Waals surface area contributed by atoms with Crippen LogP contribution in [-0.2, 0) is 14.8 Å². The lowest BCUT2D eigenvalue weighted by Gasteiger charge is -2.28. The maximum absolute atomic E-state index is 13.9. The zero-order valence-corrected chi connectivity index (χ0v) is 13.9. The van der Waals surface area contributed by atoms with E-state index in [0.29, 0.717) is 6.54 Å². The molecule has 2 aliphatic rings. The number of halogens is 1. The number of benzene rings is 1. The third kappa shape index (κ3) is 2.65. The summed E-state index contributed by atoms with van der Waals surface area (Å²) in [7, 11) is -2.36. The Morgan fingerprint density at radius 1 is 1.30 bits per heavy atom. The molecule has 1 saturated carbocycles. The molecular weight excluding hydrogens is 319 g/mol. The molecule has 1 aromatic rings. The minimum absolute atomic E-state index is 0.121. The van der Waals surface area contributed by atoms with E-state index in [1.807, 2.05) is 0 Å². The van der Waals surface area contributed by atoms with Crippen molar-refractivity contribution >= 4 is 15.9 Å². The van der Waals surface area contributed by atoms with Crippen LogP contribution in [0.5, 0.6) is 0 Å². The summed E-state index contributed by atoms with van der Waals surface area (Å²) in [5, 5.41) is 2.65. The quantitative estimate of drug-likeness (QED) is 0.912. The zero-order valence-electron chi connectivity index (χ0n) is 13.1. The van der Waals surface area contributed by atoms with Gasteiger partial charge in [0.15, 0.2) is 0 Å². The molecule has 1 amide bonds. The summed E-state index contributed by atoms with van der Waals surface area (Å²) in [6.45, 7) is 0.415. The maximum Gasteiger partial charge on any atom is 0.246 e. The van der Waals surface area contributed by atoms with Crippen LogP contribution in [-0.4, -0.2) is 38.8 Å². The molecule has 7 heteroatoms. The first-order valence-corrected chi connectivity index (χ1v) is 9.31. The summed E-state index contributed by atoms with van der Waals surface area (Å²) in [4.78, 5) is 11.9. The Hall–Kier alpha value is -1.47. The Bertz CT molecular complexity index is 714.